The molecule has 1 N–H and O–H groups in total. The van der Waals surface area contributed by atoms with Gasteiger partial charge in [-0.25, -0.2) is 0 Å². The van der Waals surface area contributed by atoms with E-state index in [-0.39, 0.29) is 24.0 Å². The lowest BCUT2D eigenvalue weighted by atomic mass is 10.1. The SMILES string of the molecule is CC[C@@H](C(=O)NC(C)(C)C)N(Cc1ccc(C)cc1)C(=O)COc1cccc(C)c1. The van der Waals surface area contributed by atoms with E-state index in [9.17, 15) is 9.59 Å². The number of aryl methyl sites for hydroxylation is 2. The van der Waals surface area contributed by atoms with Crippen LogP contribution in [0.1, 0.15) is 50.8 Å². The number of nitrogens with one attached hydrogen (secondary N) is 1. The Hall–Kier alpha value is -2.82. The van der Waals surface area contributed by atoms with Crippen molar-refractivity contribution in [3.8, 4) is 5.75 Å². The third-order valence-corrected chi connectivity index (χ3v) is 4.71. The molecule has 5 nitrogen and oxygen atoms in total. The fourth-order valence-electron chi connectivity index (χ4n) is 3.20. The molecule has 162 valence electrons. The first-order valence-electron chi connectivity index (χ1n) is 10.5. The van der Waals surface area contributed by atoms with Gasteiger partial charge < -0.3 is 15.0 Å². The fourth-order valence-corrected chi connectivity index (χ4v) is 3.20. The zero-order valence-corrected chi connectivity index (χ0v) is 19.0. The summed E-state index contributed by atoms with van der Waals surface area (Å²) in [7, 11) is 0. The number of carbonyl (C=O) groups is 2. The van der Waals surface area contributed by atoms with Crippen LogP contribution in [0.25, 0.3) is 0 Å². The second-order valence-electron chi connectivity index (χ2n) is 8.78. The van der Waals surface area contributed by atoms with Gasteiger partial charge in [0.2, 0.25) is 5.91 Å². The van der Waals surface area contributed by atoms with Gasteiger partial charge in [0.25, 0.3) is 5.91 Å². The molecule has 0 spiro atoms. The minimum atomic E-state index is -0.570. The molecule has 2 amide bonds. The number of amides is 2. The number of rotatable bonds is 8. The lowest BCUT2D eigenvalue weighted by molar-refractivity contribution is -0.143. The van der Waals surface area contributed by atoms with Gasteiger partial charge in [0.15, 0.2) is 6.61 Å². The van der Waals surface area contributed by atoms with Crippen LogP contribution in [0.5, 0.6) is 5.75 Å². The maximum absolute atomic E-state index is 13.2. The van der Waals surface area contributed by atoms with Crippen LogP contribution in [-0.2, 0) is 16.1 Å². The Kier molecular flexibility index (Phi) is 8.04. The van der Waals surface area contributed by atoms with Crippen molar-refractivity contribution in [2.24, 2.45) is 0 Å². The molecule has 0 heterocycles. The first-order chi connectivity index (χ1) is 14.1. The molecule has 30 heavy (non-hydrogen) atoms. The highest BCUT2D eigenvalue weighted by Gasteiger charge is 2.30. The van der Waals surface area contributed by atoms with Crippen molar-refractivity contribution < 1.29 is 14.3 Å². The van der Waals surface area contributed by atoms with E-state index in [1.165, 1.54) is 0 Å². The van der Waals surface area contributed by atoms with E-state index >= 15 is 0 Å². The average Bonchev–Trinajstić information content (AvgIpc) is 2.66. The molecule has 1 atom stereocenters. The highest BCUT2D eigenvalue weighted by Crippen LogP contribution is 2.16. The van der Waals surface area contributed by atoms with Crippen LogP contribution in [0.15, 0.2) is 48.5 Å². The van der Waals surface area contributed by atoms with Gasteiger partial charge >= 0.3 is 0 Å². The Bertz CT molecular complexity index is 853. The van der Waals surface area contributed by atoms with Crippen LogP contribution in [0.2, 0.25) is 0 Å². The second-order valence-corrected chi connectivity index (χ2v) is 8.78. The molecule has 0 fully saturated rings. The summed E-state index contributed by atoms with van der Waals surface area (Å²) in [6.07, 6.45) is 0.518. The van der Waals surface area contributed by atoms with Gasteiger partial charge in [-0.15, -0.1) is 0 Å². The Labute approximate surface area is 180 Å². The normalized spacial score (nSPS) is 12.2. The quantitative estimate of drug-likeness (QED) is 0.701. The van der Waals surface area contributed by atoms with Crippen LogP contribution in [0.4, 0.5) is 0 Å². The van der Waals surface area contributed by atoms with Crippen molar-refractivity contribution in [1.29, 1.82) is 0 Å². The fraction of sp³-hybridized carbons (Fsp3) is 0.440. The second kappa shape index (κ2) is 10.3. The summed E-state index contributed by atoms with van der Waals surface area (Å²) >= 11 is 0. The molecule has 5 heteroatoms. The topological polar surface area (TPSA) is 58.6 Å². The Morgan fingerprint density at radius 1 is 1.03 bits per heavy atom. The van der Waals surface area contributed by atoms with Gasteiger partial charge in [0, 0.05) is 12.1 Å². The summed E-state index contributed by atoms with van der Waals surface area (Å²) in [6.45, 7) is 12.0. The van der Waals surface area contributed by atoms with Gasteiger partial charge in [-0.2, -0.15) is 0 Å². The first-order valence-corrected chi connectivity index (χ1v) is 10.5. The van der Waals surface area contributed by atoms with E-state index in [0.717, 1.165) is 16.7 Å². The summed E-state index contributed by atoms with van der Waals surface area (Å²) in [5, 5.41) is 3.01. The van der Waals surface area contributed by atoms with E-state index in [2.05, 4.69) is 5.32 Å². The third-order valence-electron chi connectivity index (χ3n) is 4.71. The largest absolute Gasteiger partial charge is 0.484 e. The molecule has 0 radical (unpaired) electrons. The number of nitrogens with zero attached hydrogens (tertiary/aromatic N) is 1. The third kappa shape index (κ3) is 7.21. The average molecular weight is 411 g/mol. The molecule has 0 bridgehead atoms. The molecule has 0 aliphatic heterocycles. The van der Waals surface area contributed by atoms with Crippen molar-refractivity contribution in [2.45, 2.75) is 66.1 Å². The summed E-state index contributed by atoms with van der Waals surface area (Å²) in [5.41, 5.74) is 2.82. The molecule has 2 aromatic rings. The van der Waals surface area contributed by atoms with E-state index in [4.69, 9.17) is 4.74 Å². The highest BCUT2D eigenvalue weighted by atomic mass is 16.5. The number of carbonyl (C=O) groups excluding carboxylic acids is 2. The predicted molar refractivity (Wildman–Crippen MR) is 120 cm³/mol. The monoisotopic (exact) mass is 410 g/mol. The van der Waals surface area contributed by atoms with Gasteiger partial charge in [0.1, 0.15) is 11.8 Å². The van der Waals surface area contributed by atoms with E-state index in [1.54, 1.807) is 4.90 Å². The molecular weight excluding hydrogens is 376 g/mol. The number of benzene rings is 2. The molecule has 0 saturated heterocycles. The minimum Gasteiger partial charge on any atom is -0.484 e. The van der Waals surface area contributed by atoms with Crippen molar-refractivity contribution in [3.63, 3.8) is 0 Å². The van der Waals surface area contributed by atoms with Crippen LogP contribution >= 0.6 is 0 Å². The summed E-state index contributed by atoms with van der Waals surface area (Å²) in [5.74, 6) is 0.278. The summed E-state index contributed by atoms with van der Waals surface area (Å²) in [4.78, 5) is 27.7. The zero-order valence-electron chi connectivity index (χ0n) is 19.0. The Morgan fingerprint density at radius 3 is 2.27 bits per heavy atom. The van der Waals surface area contributed by atoms with E-state index < -0.39 is 6.04 Å². The van der Waals surface area contributed by atoms with Crippen LogP contribution in [0, 0.1) is 13.8 Å². The van der Waals surface area contributed by atoms with Crippen molar-refractivity contribution in [1.82, 2.24) is 10.2 Å². The van der Waals surface area contributed by atoms with Gasteiger partial charge in [-0.1, -0.05) is 48.9 Å². The number of hydrogen-bond acceptors (Lipinski definition) is 3. The van der Waals surface area contributed by atoms with Gasteiger partial charge in [-0.3, -0.25) is 9.59 Å². The van der Waals surface area contributed by atoms with E-state index in [0.29, 0.717) is 18.7 Å². The highest BCUT2D eigenvalue weighted by molar-refractivity contribution is 5.88. The Balaban J connectivity index is 2.22. The standard InChI is InChI=1S/C25H34N2O3/c1-7-22(24(29)26-25(4,5)6)27(16-20-13-11-18(2)12-14-20)23(28)17-30-21-10-8-9-19(3)15-21/h8-15,22H,7,16-17H2,1-6H3,(H,26,29)/t22-/m0/s1. The van der Waals surface area contributed by atoms with Gasteiger partial charge in [0.05, 0.1) is 0 Å². The predicted octanol–water partition coefficient (Wildman–Crippen LogP) is 4.40. The van der Waals surface area contributed by atoms with Crippen molar-refractivity contribution in [2.75, 3.05) is 6.61 Å². The van der Waals surface area contributed by atoms with Crippen LogP contribution < -0.4 is 10.1 Å². The molecular formula is C25H34N2O3. The molecule has 0 aromatic heterocycles. The maximum atomic E-state index is 13.2. The van der Waals surface area contributed by atoms with E-state index in [1.807, 2.05) is 90.1 Å². The lowest BCUT2D eigenvalue weighted by Crippen LogP contribution is -2.54. The molecule has 2 rings (SSSR count). The van der Waals surface area contributed by atoms with Crippen molar-refractivity contribution >= 4 is 11.8 Å². The zero-order chi connectivity index (χ0) is 22.3. The molecule has 0 aliphatic rings. The maximum Gasteiger partial charge on any atom is 0.261 e. The lowest BCUT2D eigenvalue weighted by Gasteiger charge is -2.33. The number of ether oxygens (including phenoxy) is 1. The molecule has 0 unspecified atom stereocenters. The smallest absolute Gasteiger partial charge is 0.261 e. The number of hydrogen-bond donors (Lipinski definition) is 1. The minimum absolute atomic E-state index is 0.116. The van der Waals surface area contributed by atoms with Gasteiger partial charge in [-0.05, 0) is 64.3 Å². The summed E-state index contributed by atoms with van der Waals surface area (Å²) < 4.78 is 5.74. The van der Waals surface area contributed by atoms with Crippen molar-refractivity contribution in [3.05, 3.63) is 65.2 Å². The Morgan fingerprint density at radius 2 is 1.70 bits per heavy atom. The molecule has 0 aliphatic carbocycles. The van der Waals surface area contributed by atoms with Crippen LogP contribution in [-0.4, -0.2) is 34.9 Å². The molecule has 0 saturated carbocycles. The van der Waals surface area contributed by atoms with Crippen LogP contribution in [0.3, 0.4) is 0 Å². The molecule has 2 aromatic carbocycles. The summed E-state index contributed by atoms with van der Waals surface area (Å²) in [6, 6.07) is 15.0. The first kappa shape index (κ1) is 23.5.